The smallest absolute Gasteiger partial charge is 0.265 e. The maximum atomic E-state index is 13.0. The molecule has 0 unspecified atom stereocenters. The van der Waals surface area contributed by atoms with Crippen LogP contribution in [0, 0.1) is 12.7 Å². The van der Waals surface area contributed by atoms with E-state index in [9.17, 15) is 9.18 Å². The minimum absolute atomic E-state index is 0.272. The summed E-state index contributed by atoms with van der Waals surface area (Å²) >= 11 is 3.12. The molecule has 0 aliphatic carbocycles. The highest BCUT2D eigenvalue weighted by atomic mass is 79.9. The molecule has 5 heteroatoms. The predicted molar refractivity (Wildman–Crippen MR) is 62.7 cm³/mol. The van der Waals surface area contributed by atoms with Gasteiger partial charge in [-0.1, -0.05) is 12.1 Å². The molecule has 82 valence electrons. The maximum Gasteiger partial charge on any atom is 0.265 e. The van der Waals surface area contributed by atoms with Crippen molar-refractivity contribution < 1.29 is 4.39 Å². The lowest BCUT2D eigenvalue weighted by Crippen LogP contribution is -2.11. The Hall–Kier alpha value is -1.49. The quantitative estimate of drug-likeness (QED) is 0.874. The number of rotatable bonds is 1. The minimum atomic E-state index is -0.360. The van der Waals surface area contributed by atoms with E-state index in [-0.39, 0.29) is 11.4 Å². The molecule has 1 heterocycles. The highest BCUT2D eigenvalue weighted by molar-refractivity contribution is 9.10. The van der Waals surface area contributed by atoms with E-state index in [1.54, 1.807) is 19.1 Å². The number of aromatic nitrogens is 2. The van der Waals surface area contributed by atoms with Gasteiger partial charge in [-0.15, -0.1) is 0 Å². The van der Waals surface area contributed by atoms with Gasteiger partial charge in [-0.25, -0.2) is 9.37 Å². The standard InChI is InChI=1S/C11H8BrFN2O/c1-6-9(12)11(16)15-10(14-6)7-3-2-4-8(13)5-7/h2-5H,1H3,(H,14,15,16). The zero-order valence-corrected chi connectivity index (χ0v) is 10.0. The lowest BCUT2D eigenvalue weighted by Gasteiger charge is -2.03. The van der Waals surface area contributed by atoms with Crippen molar-refractivity contribution in [1.29, 1.82) is 0 Å². The van der Waals surface area contributed by atoms with E-state index in [4.69, 9.17) is 0 Å². The van der Waals surface area contributed by atoms with Gasteiger partial charge in [0.2, 0.25) is 0 Å². The van der Waals surface area contributed by atoms with Crippen molar-refractivity contribution in [3.63, 3.8) is 0 Å². The number of H-pyrrole nitrogens is 1. The predicted octanol–water partition coefficient (Wildman–Crippen LogP) is 2.65. The largest absolute Gasteiger partial charge is 0.306 e. The van der Waals surface area contributed by atoms with E-state index < -0.39 is 0 Å². The van der Waals surface area contributed by atoms with Gasteiger partial charge in [-0.05, 0) is 35.0 Å². The highest BCUT2D eigenvalue weighted by Gasteiger charge is 2.07. The first kappa shape index (κ1) is 11.0. The molecule has 0 atom stereocenters. The van der Waals surface area contributed by atoms with Gasteiger partial charge in [0.15, 0.2) is 0 Å². The van der Waals surface area contributed by atoms with Crippen LogP contribution >= 0.6 is 15.9 Å². The summed E-state index contributed by atoms with van der Waals surface area (Å²) in [5, 5.41) is 0. The van der Waals surface area contributed by atoms with Crippen LogP contribution in [0.5, 0.6) is 0 Å². The van der Waals surface area contributed by atoms with Gasteiger partial charge in [0.25, 0.3) is 5.56 Å². The van der Waals surface area contributed by atoms with E-state index in [1.165, 1.54) is 12.1 Å². The second-order valence-electron chi connectivity index (χ2n) is 3.32. The summed E-state index contributed by atoms with van der Waals surface area (Å²) in [6, 6.07) is 5.93. The van der Waals surface area contributed by atoms with E-state index in [1.807, 2.05) is 0 Å². The number of aromatic amines is 1. The zero-order valence-electron chi connectivity index (χ0n) is 8.42. The Labute approximate surface area is 99.5 Å². The molecule has 0 spiro atoms. The molecule has 3 nitrogen and oxygen atoms in total. The van der Waals surface area contributed by atoms with Crippen LogP contribution in [0.25, 0.3) is 11.4 Å². The SMILES string of the molecule is Cc1nc(-c2cccc(F)c2)[nH]c(=O)c1Br. The van der Waals surface area contributed by atoms with Crippen LogP contribution in [0.1, 0.15) is 5.69 Å². The van der Waals surface area contributed by atoms with E-state index in [0.717, 1.165) is 0 Å². The third-order valence-corrected chi connectivity index (χ3v) is 3.06. The molecule has 1 aromatic carbocycles. The van der Waals surface area contributed by atoms with Crippen molar-refractivity contribution in [3.8, 4) is 11.4 Å². The number of hydrogen-bond donors (Lipinski definition) is 1. The molecule has 0 saturated carbocycles. The molecule has 1 N–H and O–H groups in total. The van der Waals surface area contributed by atoms with Gasteiger partial charge in [0, 0.05) is 5.56 Å². The Kier molecular flexibility index (Phi) is 2.87. The van der Waals surface area contributed by atoms with E-state index in [0.29, 0.717) is 21.6 Å². The molecular formula is C11H8BrFN2O. The van der Waals surface area contributed by atoms with Crippen molar-refractivity contribution in [2.24, 2.45) is 0 Å². The number of halogens is 2. The van der Waals surface area contributed by atoms with Crippen LogP contribution in [-0.2, 0) is 0 Å². The average Bonchev–Trinajstić information content (AvgIpc) is 2.25. The van der Waals surface area contributed by atoms with Crippen LogP contribution in [0.3, 0.4) is 0 Å². The van der Waals surface area contributed by atoms with Gasteiger partial charge in [-0.2, -0.15) is 0 Å². The third kappa shape index (κ3) is 2.04. The van der Waals surface area contributed by atoms with Crippen LogP contribution in [0.4, 0.5) is 4.39 Å². The van der Waals surface area contributed by atoms with Crippen molar-refractivity contribution in [2.75, 3.05) is 0 Å². The van der Waals surface area contributed by atoms with Crippen LogP contribution in [0.2, 0.25) is 0 Å². The number of benzene rings is 1. The molecule has 0 bridgehead atoms. The molecule has 0 amide bonds. The Balaban J connectivity index is 2.61. The summed E-state index contributed by atoms with van der Waals surface area (Å²) in [6.45, 7) is 1.71. The van der Waals surface area contributed by atoms with Crippen molar-refractivity contribution in [1.82, 2.24) is 9.97 Å². The highest BCUT2D eigenvalue weighted by Crippen LogP contribution is 2.17. The molecule has 0 fully saturated rings. The van der Waals surface area contributed by atoms with Gasteiger partial charge in [0.05, 0.1) is 5.69 Å². The monoisotopic (exact) mass is 282 g/mol. The first-order valence-corrected chi connectivity index (χ1v) is 5.39. The summed E-state index contributed by atoms with van der Waals surface area (Å²) in [5.74, 6) is 0.00548. The van der Waals surface area contributed by atoms with Crippen molar-refractivity contribution >= 4 is 15.9 Å². The van der Waals surface area contributed by atoms with Crippen LogP contribution in [-0.4, -0.2) is 9.97 Å². The molecule has 16 heavy (non-hydrogen) atoms. The van der Waals surface area contributed by atoms with Crippen molar-refractivity contribution in [3.05, 3.63) is 50.6 Å². The number of nitrogens with one attached hydrogen (secondary N) is 1. The fraction of sp³-hybridized carbons (Fsp3) is 0.0909. The van der Waals surface area contributed by atoms with E-state index in [2.05, 4.69) is 25.9 Å². The molecule has 2 aromatic rings. The molecule has 0 saturated heterocycles. The Morgan fingerprint density at radius 3 is 2.81 bits per heavy atom. The number of aryl methyl sites for hydroxylation is 1. The number of nitrogens with zero attached hydrogens (tertiary/aromatic N) is 1. The molecular weight excluding hydrogens is 275 g/mol. The van der Waals surface area contributed by atoms with Gasteiger partial charge in [0.1, 0.15) is 16.1 Å². The van der Waals surface area contributed by atoms with Crippen LogP contribution in [0.15, 0.2) is 33.5 Å². The normalized spacial score (nSPS) is 10.4. The summed E-state index contributed by atoms with van der Waals surface area (Å²) in [4.78, 5) is 18.2. The second kappa shape index (κ2) is 4.17. The summed E-state index contributed by atoms with van der Waals surface area (Å²) in [6.07, 6.45) is 0. The Morgan fingerprint density at radius 2 is 2.19 bits per heavy atom. The first-order valence-electron chi connectivity index (χ1n) is 4.60. The van der Waals surface area contributed by atoms with Crippen LogP contribution < -0.4 is 5.56 Å². The topological polar surface area (TPSA) is 45.8 Å². The van der Waals surface area contributed by atoms with Gasteiger partial charge in [-0.3, -0.25) is 4.79 Å². The molecule has 0 aliphatic rings. The fourth-order valence-corrected chi connectivity index (χ4v) is 1.53. The van der Waals surface area contributed by atoms with Gasteiger partial charge < -0.3 is 4.98 Å². The van der Waals surface area contributed by atoms with E-state index >= 15 is 0 Å². The molecule has 2 rings (SSSR count). The average molecular weight is 283 g/mol. The maximum absolute atomic E-state index is 13.0. The first-order chi connectivity index (χ1) is 7.58. The summed E-state index contributed by atoms with van der Waals surface area (Å²) in [5.41, 5.74) is 0.850. The third-order valence-electron chi connectivity index (χ3n) is 2.13. The van der Waals surface area contributed by atoms with Crippen molar-refractivity contribution in [2.45, 2.75) is 6.92 Å². The molecule has 0 radical (unpaired) electrons. The Bertz CT molecular complexity index is 595. The second-order valence-corrected chi connectivity index (χ2v) is 4.12. The minimum Gasteiger partial charge on any atom is -0.306 e. The lowest BCUT2D eigenvalue weighted by atomic mass is 10.2. The fourth-order valence-electron chi connectivity index (χ4n) is 1.34. The zero-order chi connectivity index (χ0) is 11.7. The summed E-state index contributed by atoms with van der Waals surface area (Å²) < 4.78 is 13.4. The number of hydrogen-bond acceptors (Lipinski definition) is 2. The summed E-state index contributed by atoms with van der Waals surface area (Å²) in [7, 11) is 0. The molecule has 1 aromatic heterocycles. The van der Waals surface area contributed by atoms with Gasteiger partial charge >= 0.3 is 0 Å². The molecule has 0 aliphatic heterocycles. The lowest BCUT2D eigenvalue weighted by molar-refractivity contribution is 0.628. The Morgan fingerprint density at radius 1 is 1.44 bits per heavy atom.